The molecule has 1 aliphatic rings. The zero-order valence-electron chi connectivity index (χ0n) is 19.7. The lowest BCUT2D eigenvalue weighted by Gasteiger charge is -2.21. The molecule has 0 fully saturated rings. The van der Waals surface area contributed by atoms with Crippen LogP contribution in [0.1, 0.15) is 57.4 Å². The summed E-state index contributed by atoms with van der Waals surface area (Å²) in [6.45, 7) is 5.82. The van der Waals surface area contributed by atoms with Gasteiger partial charge in [0.1, 0.15) is 11.3 Å². The van der Waals surface area contributed by atoms with Gasteiger partial charge in [0.2, 0.25) is 11.7 Å². The first-order chi connectivity index (χ1) is 16.8. The van der Waals surface area contributed by atoms with Gasteiger partial charge in [-0.05, 0) is 32.9 Å². The van der Waals surface area contributed by atoms with Crippen LogP contribution in [0.15, 0.2) is 89.3 Å². The summed E-state index contributed by atoms with van der Waals surface area (Å²) in [7, 11) is 0. The van der Waals surface area contributed by atoms with E-state index in [-0.39, 0.29) is 28.7 Å². The standard InChI is InChI=1S/C29H24N2O4/c1-29(2,3)30-26-22(24(32)18-12-6-4-7-13-18)23(25(35-26)19-14-8-5-9-15-19)31-27(33)20-16-10-11-17-21(20)28(31)34/h4-17,30H,1-3H3. The van der Waals surface area contributed by atoms with E-state index in [1.807, 2.05) is 57.2 Å². The van der Waals surface area contributed by atoms with Crippen LogP contribution in [0.4, 0.5) is 11.6 Å². The second-order valence-electron chi connectivity index (χ2n) is 9.41. The Labute approximate surface area is 203 Å². The highest BCUT2D eigenvalue weighted by atomic mass is 16.4. The minimum Gasteiger partial charge on any atom is -0.438 e. The fraction of sp³-hybridized carbons (Fsp3) is 0.138. The minimum atomic E-state index is -0.493. The first kappa shape index (κ1) is 22.3. The van der Waals surface area contributed by atoms with Gasteiger partial charge in [-0.3, -0.25) is 14.4 Å². The van der Waals surface area contributed by atoms with Gasteiger partial charge >= 0.3 is 0 Å². The average molecular weight is 465 g/mol. The summed E-state index contributed by atoms with van der Waals surface area (Å²) in [6.07, 6.45) is 0. The minimum absolute atomic E-state index is 0.138. The molecular weight excluding hydrogens is 440 g/mol. The Balaban J connectivity index is 1.81. The Morgan fingerprint density at radius 2 is 1.29 bits per heavy atom. The van der Waals surface area contributed by atoms with E-state index >= 15 is 0 Å². The number of hydrogen-bond acceptors (Lipinski definition) is 5. The Hall–Kier alpha value is -4.45. The molecule has 5 rings (SSSR count). The Kier molecular flexibility index (Phi) is 5.36. The van der Waals surface area contributed by atoms with Gasteiger partial charge in [-0.1, -0.05) is 72.8 Å². The fourth-order valence-electron chi connectivity index (χ4n) is 4.19. The van der Waals surface area contributed by atoms with Crippen molar-refractivity contribution in [2.75, 3.05) is 10.2 Å². The largest absolute Gasteiger partial charge is 0.438 e. The van der Waals surface area contributed by atoms with Crippen LogP contribution >= 0.6 is 0 Å². The van der Waals surface area contributed by atoms with Crippen molar-refractivity contribution in [3.05, 3.63) is 107 Å². The van der Waals surface area contributed by atoms with Gasteiger partial charge < -0.3 is 9.73 Å². The quantitative estimate of drug-likeness (QED) is 0.281. The van der Waals surface area contributed by atoms with Crippen molar-refractivity contribution in [3.8, 4) is 11.3 Å². The van der Waals surface area contributed by atoms with Crippen LogP contribution in [0.2, 0.25) is 0 Å². The number of imide groups is 1. The van der Waals surface area contributed by atoms with Crippen LogP contribution in [-0.2, 0) is 0 Å². The number of furan rings is 1. The number of rotatable bonds is 5. The molecule has 0 atom stereocenters. The number of carbonyl (C=O) groups excluding carboxylic acids is 3. The highest BCUT2D eigenvalue weighted by Crippen LogP contribution is 2.45. The Morgan fingerprint density at radius 1 is 0.771 bits per heavy atom. The summed E-state index contributed by atoms with van der Waals surface area (Å²) in [6, 6.07) is 24.6. The lowest BCUT2D eigenvalue weighted by atomic mass is 10.00. The van der Waals surface area contributed by atoms with Crippen molar-refractivity contribution in [1.29, 1.82) is 0 Å². The lowest BCUT2D eigenvalue weighted by molar-refractivity contribution is 0.0926. The molecule has 1 aliphatic heterocycles. The molecule has 0 spiro atoms. The normalized spacial score (nSPS) is 13.2. The zero-order valence-corrected chi connectivity index (χ0v) is 19.7. The number of fused-ring (bicyclic) bond motifs is 1. The third kappa shape index (κ3) is 3.93. The molecule has 2 heterocycles. The second-order valence-corrected chi connectivity index (χ2v) is 9.41. The molecule has 0 saturated carbocycles. The summed E-state index contributed by atoms with van der Waals surface area (Å²) in [5.41, 5.74) is 1.47. The summed E-state index contributed by atoms with van der Waals surface area (Å²) in [4.78, 5) is 42.0. The molecule has 0 bridgehead atoms. The lowest BCUT2D eigenvalue weighted by Crippen LogP contribution is -2.31. The topological polar surface area (TPSA) is 79.6 Å². The van der Waals surface area contributed by atoms with Crippen LogP contribution in [0, 0.1) is 0 Å². The van der Waals surface area contributed by atoms with Gasteiger partial charge in [0.15, 0.2) is 5.76 Å². The number of nitrogens with one attached hydrogen (secondary N) is 1. The van der Waals surface area contributed by atoms with Crippen LogP contribution in [0.25, 0.3) is 11.3 Å². The molecule has 6 nitrogen and oxygen atoms in total. The van der Waals surface area contributed by atoms with E-state index in [9.17, 15) is 14.4 Å². The Bertz CT molecular complexity index is 1410. The van der Waals surface area contributed by atoms with E-state index in [0.717, 1.165) is 4.90 Å². The molecular formula is C29H24N2O4. The van der Waals surface area contributed by atoms with Crippen molar-refractivity contribution in [2.45, 2.75) is 26.3 Å². The van der Waals surface area contributed by atoms with Crippen LogP contribution in [-0.4, -0.2) is 23.1 Å². The molecule has 0 unspecified atom stereocenters. The molecule has 1 aromatic heterocycles. The van der Waals surface area contributed by atoms with E-state index in [1.54, 1.807) is 48.5 Å². The molecule has 0 aliphatic carbocycles. The maximum absolute atomic E-state index is 13.9. The number of benzene rings is 3. The number of ketones is 1. The van der Waals surface area contributed by atoms with Crippen LogP contribution in [0.5, 0.6) is 0 Å². The van der Waals surface area contributed by atoms with E-state index in [2.05, 4.69) is 5.32 Å². The molecule has 0 radical (unpaired) electrons. The van der Waals surface area contributed by atoms with E-state index in [0.29, 0.717) is 22.3 Å². The molecule has 1 N–H and O–H groups in total. The third-order valence-electron chi connectivity index (χ3n) is 5.69. The van der Waals surface area contributed by atoms with Crippen molar-refractivity contribution in [1.82, 2.24) is 0 Å². The molecule has 0 saturated heterocycles. The number of nitrogens with zero attached hydrogens (tertiary/aromatic N) is 1. The number of anilines is 2. The van der Waals surface area contributed by atoms with Crippen LogP contribution in [0.3, 0.4) is 0 Å². The predicted molar refractivity (Wildman–Crippen MR) is 135 cm³/mol. The number of amides is 2. The van der Waals surface area contributed by atoms with Gasteiger partial charge in [0.05, 0.1) is 11.1 Å². The van der Waals surface area contributed by atoms with E-state index < -0.39 is 17.4 Å². The molecule has 3 aromatic carbocycles. The molecule has 4 aromatic rings. The highest BCUT2D eigenvalue weighted by molar-refractivity contribution is 6.37. The predicted octanol–water partition coefficient (Wildman–Crippen LogP) is 6.19. The van der Waals surface area contributed by atoms with Crippen molar-refractivity contribution in [3.63, 3.8) is 0 Å². The first-order valence-corrected chi connectivity index (χ1v) is 11.3. The second kappa shape index (κ2) is 8.40. The summed E-state index contributed by atoms with van der Waals surface area (Å²) in [5, 5.41) is 3.27. The van der Waals surface area contributed by atoms with Crippen molar-refractivity contribution in [2.24, 2.45) is 0 Å². The summed E-state index contributed by atoms with van der Waals surface area (Å²) >= 11 is 0. The van der Waals surface area contributed by atoms with Gasteiger partial charge in [0.25, 0.3) is 11.8 Å². The van der Waals surface area contributed by atoms with E-state index in [1.165, 1.54) is 0 Å². The molecule has 35 heavy (non-hydrogen) atoms. The van der Waals surface area contributed by atoms with E-state index in [4.69, 9.17) is 4.42 Å². The number of carbonyl (C=O) groups is 3. The van der Waals surface area contributed by atoms with Gasteiger partial charge in [0, 0.05) is 16.7 Å². The Morgan fingerprint density at radius 3 is 1.83 bits per heavy atom. The highest BCUT2D eigenvalue weighted by Gasteiger charge is 2.43. The SMILES string of the molecule is CC(C)(C)Nc1oc(-c2ccccc2)c(N2C(=O)c3ccccc3C2=O)c1C(=O)c1ccccc1. The molecule has 6 heteroatoms. The number of hydrogen-bond donors (Lipinski definition) is 1. The van der Waals surface area contributed by atoms with Crippen LogP contribution < -0.4 is 10.2 Å². The average Bonchev–Trinajstić information content (AvgIpc) is 3.33. The maximum Gasteiger partial charge on any atom is 0.266 e. The smallest absolute Gasteiger partial charge is 0.266 e. The first-order valence-electron chi connectivity index (χ1n) is 11.3. The zero-order chi connectivity index (χ0) is 24.7. The fourth-order valence-corrected chi connectivity index (χ4v) is 4.19. The summed E-state index contributed by atoms with van der Waals surface area (Å²) in [5.74, 6) is -0.862. The molecule has 174 valence electrons. The van der Waals surface area contributed by atoms with Gasteiger partial charge in [-0.15, -0.1) is 0 Å². The maximum atomic E-state index is 13.9. The summed E-state index contributed by atoms with van der Waals surface area (Å²) < 4.78 is 6.28. The van der Waals surface area contributed by atoms with Gasteiger partial charge in [-0.25, -0.2) is 4.90 Å². The monoisotopic (exact) mass is 464 g/mol. The third-order valence-corrected chi connectivity index (χ3v) is 5.69. The van der Waals surface area contributed by atoms with Gasteiger partial charge in [-0.2, -0.15) is 0 Å². The van der Waals surface area contributed by atoms with Crippen molar-refractivity contribution >= 4 is 29.2 Å². The molecule has 2 amide bonds. The van der Waals surface area contributed by atoms with Crippen molar-refractivity contribution < 1.29 is 18.8 Å².